The van der Waals surface area contributed by atoms with Gasteiger partial charge in [0.25, 0.3) is 0 Å². The molecule has 0 spiro atoms. The summed E-state index contributed by atoms with van der Waals surface area (Å²) in [6.07, 6.45) is 0.376. The predicted molar refractivity (Wildman–Crippen MR) is 95.5 cm³/mol. The summed E-state index contributed by atoms with van der Waals surface area (Å²) >= 11 is 6.12. The molecule has 0 fully saturated rings. The van der Waals surface area contributed by atoms with Crippen LogP contribution in [0.25, 0.3) is 0 Å². The SMILES string of the molecule is Cc1ccc(NC(=O)N[C@H](C)c2ccc3c(c2)CC(=O)N3)c(Cl)c1. The van der Waals surface area contributed by atoms with Gasteiger partial charge in [0.2, 0.25) is 5.91 Å². The van der Waals surface area contributed by atoms with E-state index in [1.807, 2.05) is 38.1 Å². The molecule has 3 N–H and O–H groups in total. The highest BCUT2D eigenvalue weighted by Gasteiger charge is 2.19. The molecule has 0 bridgehead atoms. The van der Waals surface area contributed by atoms with Crippen molar-refractivity contribution in [2.24, 2.45) is 0 Å². The van der Waals surface area contributed by atoms with Gasteiger partial charge in [-0.15, -0.1) is 0 Å². The zero-order chi connectivity index (χ0) is 17.3. The minimum Gasteiger partial charge on any atom is -0.331 e. The molecule has 2 aromatic carbocycles. The van der Waals surface area contributed by atoms with Crippen molar-refractivity contribution >= 4 is 34.9 Å². The molecule has 1 aliphatic heterocycles. The van der Waals surface area contributed by atoms with Gasteiger partial charge in [0.05, 0.1) is 23.2 Å². The highest BCUT2D eigenvalue weighted by atomic mass is 35.5. The van der Waals surface area contributed by atoms with Gasteiger partial charge in [0.15, 0.2) is 0 Å². The Morgan fingerprint density at radius 1 is 1.25 bits per heavy atom. The molecule has 0 saturated carbocycles. The number of anilines is 2. The number of hydrogen-bond donors (Lipinski definition) is 3. The van der Waals surface area contributed by atoms with E-state index in [0.29, 0.717) is 17.1 Å². The van der Waals surface area contributed by atoms with Crippen molar-refractivity contribution < 1.29 is 9.59 Å². The van der Waals surface area contributed by atoms with Crippen molar-refractivity contribution in [2.75, 3.05) is 10.6 Å². The van der Waals surface area contributed by atoms with Crippen LogP contribution in [-0.2, 0) is 11.2 Å². The largest absolute Gasteiger partial charge is 0.331 e. The fourth-order valence-corrected chi connectivity index (χ4v) is 2.96. The molecule has 0 saturated heterocycles. The molecule has 124 valence electrons. The third kappa shape index (κ3) is 3.51. The zero-order valence-electron chi connectivity index (χ0n) is 13.4. The Hall–Kier alpha value is -2.53. The fourth-order valence-electron chi connectivity index (χ4n) is 2.68. The van der Waals surface area contributed by atoms with Crippen molar-refractivity contribution in [1.82, 2.24) is 5.32 Å². The minimum absolute atomic E-state index is 0.00508. The first-order chi connectivity index (χ1) is 11.4. The minimum atomic E-state index is -0.331. The van der Waals surface area contributed by atoms with Crippen molar-refractivity contribution in [3.8, 4) is 0 Å². The monoisotopic (exact) mass is 343 g/mol. The first-order valence-corrected chi connectivity index (χ1v) is 8.06. The molecule has 1 heterocycles. The van der Waals surface area contributed by atoms with Crippen LogP contribution < -0.4 is 16.0 Å². The van der Waals surface area contributed by atoms with E-state index in [1.54, 1.807) is 12.1 Å². The molecule has 3 amide bonds. The molecule has 0 unspecified atom stereocenters. The summed E-state index contributed by atoms with van der Waals surface area (Å²) in [6.45, 7) is 3.83. The molecule has 5 nitrogen and oxygen atoms in total. The van der Waals surface area contributed by atoms with Gasteiger partial charge in [0, 0.05) is 5.69 Å². The van der Waals surface area contributed by atoms with Crippen molar-refractivity contribution in [1.29, 1.82) is 0 Å². The van der Waals surface area contributed by atoms with Gasteiger partial charge >= 0.3 is 6.03 Å². The number of halogens is 1. The van der Waals surface area contributed by atoms with Crippen LogP contribution in [-0.4, -0.2) is 11.9 Å². The molecule has 0 aromatic heterocycles. The van der Waals surface area contributed by atoms with Gasteiger partial charge in [-0.1, -0.05) is 29.8 Å². The van der Waals surface area contributed by atoms with E-state index in [-0.39, 0.29) is 18.0 Å². The number of carbonyl (C=O) groups excluding carboxylic acids is 2. The normalized spacial score (nSPS) is 13.9. The number of carbonyl (C=O) groups is 2. The molecule has 6 heteroatoms. The van der Waals surface area contributed by atoms with Crippen LogP contribution in [0.1, 0.15) is 29.7 Å². The Bertz CT molecular complexity index is 820. The molecule has 0 radical (unpaired) electrons. The summed E-state index contributed by atoms with van der Waals surface area (Å²) in [5, 5.41) is 8.92. The topological polar surface area (TPSA) is 70.2 Å². The Labute approximate surface area is 145 Å². The molecule has 24 heavy (non-hydrogen) atoms. The first kappa shape index (κ1) is 16.3. The van der Waals surface area contributed by atoms with E-state index in [1.165, 1.54) is 0 Å². The summed E-state index contributed by atoms with van der Waals surface area (Å²) in [5.41, 5.74) is 4.33. The second kappa shape index (κ2) is 6.53. The van der Waals surface area contributed by atoms with Gasteiger partial charge in [-0.25, -0.2) is 4.79 Å². The van der Waals surface area contributed by atoms with Gasteiger partial charge in [-0.05, 0) is 48.7 Å². The molecule has 1 atom stereocenters. The molecule has 1 aliphatic rings. The smallest absolute Gasteiger partial charge is 0.319 e. The van der Waals surface area contributed by atoms with E-state index in [2.05, 4.69) is 16.0 Å². The number of aryl methyl sites for hydroxylation is 1. The maximum absolute atomic E-state index is 12.2. The second-order valence-electron chi connectivity index (χ2n) is 5.94. The van der Waals surface area contributed by atoms with E-state index in [9.17, 15) is 9.59 Å². The van der Waals surface area contributed by atoms with Gasteiger partial charge in [-0.3, -0.25) is 4.79 Å². The lowest BCUT2D eigenvalue weighted by atomic mass is 10.0. The highest BCUT2D eigenvalue weighted by Crippen LogP contribution is 2.27. The summed E-state index contributed by atoms with van der Waals surface area (Å²) < 4.78 is 0. The molecule has 2 aromatic rings. The molecular weight excluding hydrogens is 326 g/mol. The fraction of sp³-hybridized carbons (Fsp3) is 0.222. The van der Waals surface area contributed by atoms with Crippen LogP contribution in [0.5, 0.6) is 0 Å². The summed E-state index contributed by atoms with van der Waals surface area (Å²) in [6, 6.07) is 10.6. The number of hydrogen-bond acceptors (Lipinski definition) is 2. The van der Waals surface area contributed by atoms with Crippen molar-refractivity contribution in [2.45, 2.75) is 26.3 Å². The van der Waals surface area contributed by atoms with Crippen LogP contribution in [0.2, 0.25) is 5.02 Å². The maximum atomic E-state index is 12.2. The Balaban J connectivity index is 1.66. The predicted octanol–water partition coefficient (Wildman–Crippen LogP) is 4.03. The second-order valence-corrected chi connectivity index (χ2v) is 6.35. The lowest BCUT2D eigenvalue weighted by Gasteiger charge is -2.16. The van der Waals surface area contributed by atoms with E-state index in [4.69, 9.17) is 11.6 Å². The van der Waals surface area contributed by atoms with Crippen LogP contribution in [0.15, 0.2) is 36.4 Å². The average molecular weight is 344 g/mol. The number of amides is 3. The molecule has 0 aliphatic carbocycles. The standard InChI is InChI=1S/C18H18ClN3O2/c1-10-3-5-16(14(19)7-10)22-18(24)20-11(2)12-4-6-15-13(8-12)9-17(23)21-15/h3-8,11H,9H2,1-2H3,(H,21,23)(H2,20,22,24)/t11-/m1/s1. The zero-order valence-corrected chi connectivity index (χ0v) is 14.2. The van der Waals surface area contributed by atoms with E-state index < -0.39 is 0 Å². The number of urea groups is 1. The van der Waals surface area contributed by atoms with E-state index >= 15 is 0 Å². The van der Waals surface area contributed by atoms with Crippen LogP contribution in [0, 0.1) is 6.92 Å². The number of fused-ring (bicyclic) bond motifs is 1. The lowest BCUT2D eigenvalue weighted by molar-refractivity contribution is -0.115. The Kier molecular flexibility index (Phi) is 4.44. The van der Waals surface area contributed by atoms with Crippen LogP contribution >= 0.6 is 11.6 Å². The lowest BCUT2D eigenvalue weighted by Crippen LogP contribution is -2.31. The highest BCUT2D eigenvalue weighted by molar-refractivity contribution is 6.33. The van der Waals surface area contributed by atoms with Crippen molar-refractivity contribution in [3.05, 3.63) is 58.1 Å². The third-order valence-corrected chi connectivity index (χ3v) is 4.29. The Morgan fingerprint density at radius 3 is 2.79 bits per heavy atom. The molecule has 3 rings (SSSR count). The third-order valence-electron chi connectivity index (χ3n) is 3.97. The Morgan fingerprint density at radius 2 is 2.04 bits per heavy atom. The van der Waals surface area contributed by atoms with Gasteiger partial charge in [0.1, 0.15) is 0 Å². The summed E-state index contributed by atoms with van der Waals surface area (Å²) in [5.74, 6) is -0.00508. The van der Waals surface area contributed by atoms with Crippen LogP contribution in [0.4, 0.5) is 16.2 Å². The van der Waals surface area contributed by atoms with Gasteiger partial charge in [-0.2, -0.15) is 0 Å². The van der Waals surface area contributed by atoms with Crippen molar-refractivity contribution in [3.63, 3.8) is 0 Å². The average Bonchev–Trinajstić information content (AvgIpc) is 2.89. The maximum Gasteiger partial charge on any atom is 0.319 e. The number of rotatable bonds is 3. The quantitative estimate of drug-likeness (QED) is 0.787. The van der Waals surface area contributed by atoms with Crippen LogP contribution in [0.3, 0.4) is 0 Å². The summed E-state index contributed by atoms with van der Waals surface area (Å²) in [7, 11) is 0. The van der Waals surface area contributed by atoms with E-state index in [0.717, 1.165) is 22.4 Å². The number of nitrogens with one attached hydrogen (secondary N) is 3. The first-order valence-electron chi connectivity index (χ1n) is 7.69. The molecular formula is C18H18ClN3O2. The summed E-state index contributed by atoms with van der Waals surface area (Å²) in [4.78, 5) is 23.6. The number of benzene rings is 2. The van der Waals surface area contributed by atoms with Gasteiger partial charge < -0.3 is 16.0 Å².